The van der Waals surface area contributed by atoms with Crippen molar-refractivity contribution in [2.45, 2.75) is 37.0 Å². The highest BCUT2D eigenvalue weighted by atomic mass is 35.5. The van der Waals surface area contributed by atoms with Crippen molar-refractivity contribution < 1.29 is 9.53 Å². The number of hydrogen-bond donors (Lipinski definition) is 0. The Hall–Kier alpha value is -2.91. The van der Waals surface area contributed by atoms with Gasteiger partial charge in [0.1, 0.15) is 11.0 Å². The van der Waals surface area contributed by atoms with Crippen molar-refractivity contribution >= 4 is 41.2 Å². The zero-order valence-corrected chi connectivity index (χ0v) is 24.7. The molecule has 0 N–H and O–H groups in total. The van der Waals surface area contributed by atoms with E-state index in [9.17, 15) is 4.79 Å². The van der Waals surface area contributed by atoms with E-state index in [4.69, 9.17) is 21.3 Å². The van der Waals surface area contributed by atoms with Crippen LogP contribution in [0.15, 0.2) is 71.9 Å². The van der Waals surface area contributed by atoms with Crippen LogP contribution in [0, 0.1) is 0 Å². The van der Waals surface area contributed by atoms with E-state index in [1.165, 1.54) is 5.56 Å². The van der Waals surface area contributed by atoms with Crippen LogP contribution in [0.3, 0.4) is 0 Å². The zero-order chi connectivity index (χ0) is 27.9. The van der Waals surface area contributed by atoms with Crippen LogP contribution in [0.1, 0.15) is 35.3 Å². The number of anilines is 1. The van der Waals surface area contributed by atoms with Crippen LogP contribution >= 0.6 is 23.4 Å². The third kappa shape index (κ3) is 7.85. The summed E-state index contributed by atoms with van der Waals surface area (Å²) in [5.74, 6) is 1.62. The molecular weight excluding hydrogens is 542 g/mol. The minimum Gasteiger partial charge on any atom is -0.372 e. The highest BCUT2D eigenvalue weighted by Gasteiger charge is 2.26. The fourth-order valence-electron chi connectivity index (χ4n) is 5.09. The predicted octanol–water partition coefficient (Wildman–Crippen LogP) is 5.51. The lowest BCUT2D eigenvalue weighted by Crippen LogP contribution is -2.48. The number of carbonyl (C=O) groups excluding carboxylic acids is 1. The molecular formula is C31H36ClN5O2S. The third-order valence-corrected chi connectivity index (χ3v) is 8.22. The minimum atomic E-state index is 0.0522. The van der Waals surface area contributed by atoms with Gasteiger partial charge < -0.3 is 14.5 Å². The smallest absolute Gasteiger partial charge is 0.254 e. The molecule has 2 atom stereocenters. The zero-order valence-electron chi connectivity index (χ0n) is 23.1. The predicted molar refractivity (Wildman–Crippen MR) is 163 cm³/mol. The van der Waals surface area contributed by atoms with Crippen molar-refractivity contribution in [2.24, 2.45) is 0 Å². The summed E-state index contributed by atoms with van der Waals surface area (Å²) in [6.45, 7) is 9.91. The maximum absolute atomic E-state index is 13.0. The second-order valence-corrected chi connectivity index (χ2v) is 11.7. The first-order valence-corrected chi connectivity index (χ1v) is 15.2. The number of hydrogen-bond acceptors (Lipinski definition) is 7. The van der Waals surface area contributed by atoms with E-state index in [1.807, 2.05) is 55.1 Å². The number of thioether (sulfide) groups is 1. The SMILES string of the molecule is CC1CN(C(=O)c2ccc(CSc3nc(Cl)cc(N4CCN(CC=Cc5ccccc5)CC4)n3)cc2)CC(C)O1. The molecule has 3 heterocycles. The van der Waals surface area contributed by atoms with E-state index in [0.29, 0.717) is 34.7 Å². The van der Waals surface area contributed by atoms with E-state index in [-0.39, 0.29) is 18.1 Å². The molecule has 0 bridgehead atoms. The second-order valence-electron chi connectivity index (χ2n) is 10.4. The van der Waals surface area contributed by atoms with Gasteiger partial charge in [-0.2, -0.15) is 0 Å². The summed E-state index contributed by atoms with van der Waals surface area (Å²) in [6.07, 6.45) is 4.51. The summed E-state index contributed by atoms with van der Waals surface area (Å²) in [5, 5.41) is 1.11. The Kier molecular flexibility index (Phi) is 9.75. The Labute approximate surface area is 246 Å². The maximum Gasteiger partial charge on any atom is 0.254 e. The molecule has 0 radical (unpaired) electrons. The molecule has 0 aliphatic carbocycles. The largest absolute Gasteiger partial charge is 0.372 e. The van der Waals surface area contributed by atoms with Gasteiger partial charge in [0.05, 0.1) is 12.2 Å². The van der Waals surface area contributed by atoms with Crippen molar-refractivity contribution in [1.29, 1.82) is 0 Å². The highest BCUT2D eigenvalue weighted by Crippen LogP contribution is 2.26. The number of rotatable bonds is 8. The number of piperazine rings is 1. The number of morpholine rings is 1. The topological polar surface area (TPSA) is 61.8 Å². The summed E-state index contributed by atoms with van der Waals surface area (Å²) in [6, 6.07) is 20.1. The summed E-state index contributed by atoms with van der Waals surface area (Å²) >= 11 is 7.95. The molecule has 0 spiro atoms. The van der Waals surface area contributed by atoms with Crippen LogP contribution in [-0.4, -0.2) is 83.7 Å². The first-order chi connectivity index (χ1) is 19.4. The Morgan fingerprint density at radius 1 is 1.00 bits per heavy atom. The summed E-state index contributed by atoms with van der Waals surface area (Å²) in [5.41, 5.74) is 3.03. The van der Waals surface area contributed by atoms with E-state index < -0.39 is 0 Å². The molecule has 9 heteroatoms. The standard InChI is InChI=1S/C31H36ClN5O2S/c1-23-20-37(21-24(2)39-23)30(38)27-12-10-26(11-13-27)22-40-31-33-28(32)19-29(34-31)36-17-15-35(16-18-36)14-6-9-25-7-4-3-5-8-25/h3-13,19,23-24H,14-18,20-22H2,1-2H3. The minimum absolute atomic E-state index is 0.0522. The lowest BCUT2D eigenvalue weighted by molar-refractivity contribution is -0.0586. The van der Waals surface area contributed by atoms with Gasteiger partial charge in [0.15, 0.2) is 5.16 Å². The number of aromatic nitrogens is 2. The molecule has 0 saturated carbocycles. The van der Waals surface area contributed by atoms with Gasteiger partial charge in [-0.1, -0.05) is 78.0 Å². The van der Waals surface area contributed by atoms with Gasteiger partial charge in [0, 0.05) is 63.2 Å². The van der Waals surface area contributed by atoms with Gasteiger partial charge in [-0.3, -0.25) is 9.69 Å². The average Bonchev–Trinajstić information content (AvgIpc) is 2.96. The van der Waals surface area contributed by atoms with Gasteiger partial charge in [-0.15, -0.1) is 0 Å². The molecule has 2 fully saturated rings. The lowest BCUT2D eigenvalue weighted by Gasteiger charge is -2.35. The fourth-order valence-corrected chi connectivity index (χ4v) is 6.13. The molecule has 2 aliphatic heterocycles. The molecule has 210 valence electrons. The molecule has 1 aromatic heterocycles. The van der Waals surface area contributed by atoms with Crippen molar-refractivity contribution in [3.05, 3.63) is 88.6 Å². The second kappa shape index (κ2) is 13.6. The Balaban J connectivity index is 1.12. The van der Waals surface area contributed by atoms with Crippen LogP contribution in [0.2, 0.25) is 5.15 Å². The monoisotopic (exact) mass is 577 g/mol. The highest BCUT2D eigenvalue weighted by molar-refractivity contribution is 7.98. The lowest BCUT2D eigenvalue weighted by atomic mass is 10.1. The van der Waals surface area contributed by atoms with Gasteiger partial charge in [0.2, 0.25) is 0 Å². The summed E-state index contributed by atoms with van der Waals surface area (Å²) in [7, 11) is 0. The van der Waals surface area contributed by atoms with Crippen LogP contribution in [0.5, 0.6) is 0 Å². The molecule has 2 unspecified atom stereocenters. The Morgan fingerprint density at radius 2 is 1.70 bits per heavy atom. The van der Waals surface area contributed by atoms with Crippen molar-refractivity contribution in [3.8, 4) is 0 Å². The Morgan fingerprint density at radius 3 is 2.40 bits per heavy atom. The molecule has 2 aromatic carbocycles. The Bertz CT molecular complexity index is 1290. The van der Waals surface area contributed by atoms with Crippen molar-refractivity contribution in [2.75, 3.05) is 50.7 Å². The first kappa shape index (κ1) is 28.6. The summed E-state index contributed by atoms with van der Waals surface area (Å²) in [4.78, 5) is 28.8. The van der Waals surface area contributed by atoms with E-state index in [0.717, 1.165) is 44.1 Å². The molecule has 40 heavy (non-hydrogen) atoms. The fraction of sp³-hybridized carbons (Fsp3) is 0.387. The van der Waals surface area contributed by atoms with Crippen LogP contribution in [0.25, 0.3) is 6.08 Å². The molecule has 2 saturated heterocycles. The number of benzene rings is 2. The molecule has 3 aromatic rings. The number of nitrogens with zero attached hydrogens (tertiary/aromatic N) is 5. The van der Waals surface area contributed by atoms with Gasteiger partial charge in [-0.05, 0) is 37.1 Å². The van der Waals surface area contributed by atoms with Gasteiger partial charge in [0.25, 0.3) is 5.91 Å². The average molecular weight is 578 g/mol. The molecule has 2 aliphatic rings. The number of carbonyl (C=O) groups is 1. The van der Waals surface area contributed by atoms with E-state index in [2.05, 4.69) is 51.2 Å². The molecule has 5 rings (SSSR count). The van der Waals surface area contributed by atoms with Gasteiger partial charge >= 0.3 is 0 Å². The van der Waals surface area contributed by atoms with E-state index >= 15 is 0 Å². The molecule has 7 nitrogen and oxygen atoms in total. The first-order valence-electron chi connectivity index (χ1n) is 13.8. The van der Waals surface area contributed by atoms with E-state index in [1.54, 1.807) is 11.8 Å². The van der Waals surface area contributed by atoms with Crippen LogP contribution < -0.4 is 4.90 Å². The third-order valence-electron chi connectivity index (χ3n) is 7.11. The van der Waals surface area contributed by atoms with Crippen LogP contribution in [0.4, 0.5) is 5.82 Å². The van der Waals surface area contributed by atoms with Crippen LogP contribution in [-0.2, 0) is 10.5 Å². The maximum atomic E-state index is 13.0. The summed E-state index contributed by atoms with van der Waals surface area (Å²) < 4.78 is 5.76. The van der Waals surface area contributed by atoms with Crippen molar-refractivity contribution in [3.63, 3.8) is 0 Å². The normalized spacial score (nSPS) is 20.3. The quantitative estimate of drug-likeness (QED) is 0.199. The van der Waals surface area contributed by atoms with Crippen molar-refractivity contribution in [1.82, 2.24) is 19.8 Å². The number of ether oxygens (including phenoxy) is 1. The number of amides is 1. The molecule has 1 amide bonds. The van der Waals surface area contributed by atoms with Gasteiger partial charge in [-0.25, -0.2) is 9.97 Å². The number of halogens is 1.